The van der Waals surface area contributed by atoms with E-state index < -0.39 is 9.84 Å². The lowest BCUT2D eigenvalue weighted by atomic mass is 10.0. The molecular formula is C19H21NO3S. The number of anilines is 1. The Balaban J connectivity index is 2.03. The zero-order chi connectivity index (χ0) is 17.5. The molecule has 0 bridgehead atoms. The van der Waals surface area contributed by atoms with Crippen molar-refractivity contribution in [3.63, 3.8) is 0 Å². The summed E-state index contributed by atoms with van der Waals surface area (Å²) in [5.41, 5.74) is 4.82. The van der Waals surface area contributed by atoms with Crippen molar-refractivity contribution >= 4 is 21.3 Å². The van der Waals surface area contributed by atoms with Crippen molar-refractivity contribution in [1.82, 2.24) is 0 Å². The normalized spacial score (nSPS) is 16.7. The number of rotatable bonds is 4. The average molecular weight is 343 g/mol. The number of nitrogens with one attached hydrogen (secondary N) is 1. The van der Waals surface area contributed by atoms with Crippen molar-refractivity contribution in [3.05, 3.63) is 58.7 Å². The number of ketones is 1. The molecule has 4 nitrogen and oxygen atoms in total. The molecule has 126 valence electrons. The van der Waals surface area contributed by atoms with Gasteiger partial charge in [-0.15, -0.1) is 0 Å². The van der Waals surface area contributed by atoms with E-state index in [2.05, 4.69) is 24.4 Å². The summed E-state index contributed by atoms with van der Waals surface area (Å²) in [4.78, 5) is 11.9. The van der Waals surface area contributed by atoms with Crippen LogP contribution in [0.1, 0.15) is 46.4 Å². The van der Waals surface area contributed by atoms with E-state index in [1.54, 1.807) is 12.1 Å². The molecule has 0 heterocycles. The molecule has 1 aliphatic rings. The van der Waals surface area contributed by atoms with Crippen LogP contribution in [0.4, 0.5) is 5.69 Å². The molecule has 2 aromatic carbocycles. The zero-order valence-electron chi connectivity index (χ0n) is 14.1. The van der Waals surface area contributed by atoms with Crippen LogP contribution in [0.5, 0.6) is 0 Å². The van der Waals surface area contributed by atoms with Gasteiger partial charge >= 0.3 is 0 Å². The number of hydrogen-bond acceptors (Lipinski definition) is 4. The van der Waals surface area contributed by atoms with Crippen molar-refractivity contribution in [3.8, 4) is 0 Å². The molecule has 0 saturated heterocycles. The maximum absolute atomic E-state index is 12.1. The van der Waals surface area contributed by atoms with Crippen LogP contribution in [0.3, 0.4) is 0 Å². The molecule has 2 aromatic rings. The van der Waals surface area contributed by atoms with Gasteiger partial charge in [0.25, 0.3) is 0 Å². The Bertz CT molecular complexity index is 916. The van der Waals surface area contributed by atoms with Crippen LogP contribution in [0, 0.1) is 6.92 Å². The van der Waals surface area contributed by atoms with Crippen molar-refractivity contribution < 1.29 is 13.2 Å². The lowest BCUT2D eigenvalue weighted by Gasteiger charge is -2.19. The fourth-order valence-corrected chi connectivity index (χ4v) is 4.19. The minimum absolute atomic E-state index is 0.0580. The molecule has 0 saturated carbocycles. The molecule has 1 aliphatic carbocycles. The first kappa shape index (κ1) is 16.7. The minimum atomic E-state index is -3.38. The highest BCUT2D eigenvalue weighted by Gasteiger charge is 2.25. The molecule has 0 aromatic heterocycles. The van der Waals surface area contributed by atoms with E-state index in [0.717, 1.165) is 12.8 Å². The van der Waals surface area contributed by atoms with Gasteiger partial charge in [-0.05, 0) is 61.6 Å². The summed E-state index contributed by atoms with van der Waals surface area (Å²) in [6.07, 6.45) is 3.07. The van der Waals surface area contributed by atoms with E-state index in [0.29, 0.717) is 11.3 Å². The highest BCUT2D eigenvalue weighted by atomic mass is 32.2. The molecule has 1 N–H and O–H groups in total. The van der Waals surface area contributed by atoms with Crippen molar-refractivity contribution in [2.75, 3.05) is 11.6 Å². The lowest BCUT2D eigenvalue weighted by molar-refractivity contribution is 0.101. The molecule has 0 spiro atoms. The summed E-state index contributed by atoms with van der Waals surface area (Å²) < 4.78 is 24.2. The van der Waals surface area contributed by atoms with E-state index in [1.807, 2.05) is 6.07 Å². The Morgan fingerprint density at radius 3 is 2.62 bits per heavy atom. The summed E-state index contributed by atoms with van der Waals surface area (Å²) in [6, 6.07) is 11.0. The number of carbonyl (C=O) groups excluding carboxylic acids is 1. The molecule has 24 heavy (non-hydrogen) atoms. The van der Waals surface area contributed by atoms with Crippen LogP contribution in [-0.4, -0.2) is 20.5 Å². The van der Waals surface area contributed by atoms with E-state index >= 15 is 0 Å². The van der Waals surface area contributed by atoms with Gasteiger partial charge in [-0.3, -0.25) is 4.79 Å². The molecule has 0 fully saturated rings. The predicted molar refractivity (Wildman–Crippen MR) is 95.4 cm³/mol. The van der Waals surface area contributed by atoms with Crippen molar-refractivity contribution in [1.29, 1.82) is 0 Å². The van der Waals surface area contributed by atoms with Gasteiger partial charge in [-0.2, -0.15) is 0 Å². The number of Topliss-reactive ketones (excluding diaryl/α,β-unsaturated/α-hetero) is 1. The second-order valence-electron chi connectivity index (χ2n) is 6.42. The van der Waals surface area contributed by atoms with Crippen LogP contribution >= 0.6 is 0 Å². The maximum atomic E-state index is 12.1. The van der Waals surface area contributed by atoms with E-state index in [1.165, 1.54) is 35.9 Å². The first-order valence-corrected chi connectivity index (χ1v) is 9.86. The van der Waals surface area contributed by atoms with E-state index in [9.17, 15) is 13.2 Å². The van der Waals surface area contributed by atoms with Gasteiger partial charge in [0.2, 0.25) is 0 Å². The van der Waals surface area contributed by atoms with Crippen molar-refractivity contribution in [2.24, 2.45) is 0 Å². The molecule has 0 radical (unpaired) electrons. The highest BCUT2D eigenvalue weighted by molar-refractivity contribution is 7.90. The molecular weight excluding hydrogens is 322 g/mol. The molecule has 3 rings (SSSR count). The Hall–Kier alpha value is -2.14. The quantitative estimate of drug-likeness (QED) is 0.860. The van der Waals surface area contributed by atoms with Crippen LogP contribution in [0.25, 0.3) is 0 Å². The van der Waals surface area contributed by atoms with Crippen LogP contribution in [0.2, 0.25) is 0 Å². The minimum Gasteiger partial charge on any atom is -0.377 e. The third-order valence-electron chi connectivity index (χ3n) is 4.62. The molecule has 0 aliphatic heterocycles. The predicted octanol–water partition coefficient (Wildman–Crippen LogP) is 3.70. The SMILES string of the molecule is CC(=O)c1ccc(S(C)(=O)=O)c(NC2CCc3c(C)cccc32)c1. The first-order chi connectivity index (χ1) is 11.3. The molecule has 1 unspecified atom stereocenters. The van der Waals surface area contributed by atoms with Gasteiger partial charge in [0.05, 0.1) is 16.6 Å². The summed E-state index contributed by atoms with van der Waals surface area (Å²) in [5, 5.41) is 3.36. The largest absolute Gasteiger partial charge is 0.377 e. The smallest absolute Gasteiger partial charge is 0.177 e. The average Bonchev–Trinajstić information content (AvgIpc) is 2.90. The summed E-state index contributed by atoms with van der Waals surface area (Å²) >= 11 is 0. The second-order valence-corrected chi connectivity index (χ2v) is 8.40. The lowest BCUT2D eigenvalue weighted by Crippen LogP contribution is -2.12. The fraction of sp³-hybridized carbons (Fsp3) is 0.316. The number of carbonyl (C=O) groups is 1. The summed E-state index contributed by atoms with van der Waals surface area (Å²) in [5.74, 6) is -0.0826. The number of benzene rings is 2. The van der Waals surface area contributed by atoms with Crippen molar-refractivity contribution in [2.45, 2.75) is 37.6 Å². The second kappa shape index (κ2) is 6.06. The molecule has 5 heteroatoms. The Morgan fingerprint density at radius 1 is 1.21 bits per heavy atom. The third-order valence-corrected chi connectivity index (χ3v) is 5.78. The van der Waals surface area contributed by atoms with Gasteiger partial charge in [0.15, 0.2) is 15.6 Å². The standard InChI is InChI=1S/C19H21NO3S/c1-12-5-4-6-16-15(12)8-9-17(16)20-18-11-14(13(2)21)7-10-19(18)24(3,22)23/h4-7,10-11,17,20H,8-9H2,1-3H3. The third kappa shape index (κ3) is 3.08. The van der Waals surface area contributed by atoms with Gasteiger partial charge < -0.3 is 5.32 Å². The number of aryl methyl sites for hydroxylation is 1. The van der Waals surface area contributed by atoms with Crippen LogP contribution < -0.4 is 5.32 Å². The Morgan fingerprint density at radius 2 is 1.96 bits per heavy atom. The highest BCUT2D eigenvalue weighted by Crippen LogP contribution is 2.37. The summed E-state index contributed by atoms with van der Waals surface area (Å²) in [7, 11) is -3.38. The maximum Gasteiger partial charge on any atom is 0.177 e. The first-order valence-electron chi connectivity index (χ1n) is 7.97. The Kier molecular flexibility index (Phi) is 4.22. The fourth-order valence-electron chi connectivity index (χ4n) is 3.36. The number of fused-ring (bicyclic) bond motifs is 1. The number of sulfone groups is 1. The van der Waals surface area contributed by atoms with E-state index in [4.69, 9.17) is 0 Å². The van der Waals surface area contributed by atoms with Gasteiger partial charge in [0, 0.05) is 11.8 Å². The van der Waals surface area contributed by atoms with Crippen LogP contribution in [0.15, 0.2) is 41.3 Å². The number of hydrogen-bond donors (Lipinski definition) is 1. The zero-order valence-corrected chi connectivity index (χ0v) is 14.9. The van der Waals surface area contributed by atoms with Gasteiger partial charge in [-0.25, -0.2) is 8.42 Å². The molecule has 0 amide bonds. The van der Waals surface area contributed by atoms with E-state index in [-0.39, 0.29) is 16.7 Å². The van der Waals surface area contributed by atoms with Gasteiger partial charge in [-0.1, -0.05) is 18.2 Å². The Labute approximate surface area is 142 Å². The molecule has 1 atom stereocenters. The monoisotopic (exact) mass is 343 g/mol. The van der Waals surface area contributed by atoms with Crippen LogP contribution in [-0.2, 0) is 16.3 Å². The summed E-state index contributed by atoms with van der Waals surface area (Å²) in [6.45, 7) is 3.58. The topological polar surface area (TPSA) is 63.2 Å². The van der Waals surface area contributed by atoms with Gasteiger partial charge in [0.1, 0.15) is 0 Å².